The van der Waals surface area contributed by atoms with Gasteiger partial charge in [0.2, 0.25) is 5.91 Å². The average Bonchev–Trinajstić information content (AvgIpc) is 2.64. The summed E-state index contributed by atoms with van der Waals surface area (Å²) in [5.41, 5.74) is 5.90. The minimum absolute atomic E-state index is 0. The molecule has 2 aromatic rings. The molecule has 3 rings (SSSR count). The molecule has 2 aromatic carbocycles. The maximum Gasteiger partial charge on any atom is 0.240 e. The lowest BCUT2D eigenvalue weighted by Gasteiger charge is -2.33. The van der Waals surface area contributed by atoms with Gasteiger partial charge >= 0.3 is 0 Å². The predicted molar refractivity (Wildman–Crippen MR) is 104 cm³/mol. The van der Waals surface area contributed by atoms with E-state index in [4.69, 9.17) is 15.2 Å². The number of hydrogen-bond donors (Lipinski definition) is 2. The molecule has 27 heavy (non-hydrogen) atoms. The first-order valence-corrected chi connectivity index (χ1v) is 8.68. The normalized spacial score (nSPS) is 16.7. The van der Waals surface area contributed by atoms with Gasteiger partial charge in [0.25, 0.3) is 0 Å². The van der Waals surface area contributed by atoms with Crippen molar-refractivity contribution in [1.82, 2.24) is 5.32 Å². The van der Waals surface area contributed by atoms with Crippen LogP contribution in [0.25, 0.3) is 0 Å². The average molecular weight is 395 g/mol. The Morgan fingerprint density at radius 3 is 2.52 bits per heavy atom. The van der Waals surface area contributed by atoms with Crippen LogP contribution in [0.5, 0.6) is 11.5 Å². The van der Waals surface area contributed by atoms with E-state index in [1.165, 1.54) is 6.07 Å². The van der Waals surface area contributed by atoms with Crippen molar-refractivity contribution in [2.45, 2.75) is 31.3 Å². The number of carbonyl (C=O) groups is 1. The summed E-state index contributed by atoms with van der Waals surface area (Å²) in [6.45, 7) is 2.74. The maximum absolute atomic E-state index is 14.4. The highest BCUT2D eigenvalue weighted by molar-refractivity contribution is 5.86. The van der Waals surface area contributed by atoms with Crippen molar-refractivity contribution in [3.05, 3.63) is 59.9 Å². The minimum Gasteiger partial charge on any atom is -0.454 e. The quantitative estimate of drug-likeness (QED) is 0.810. The fraction of sp³-hybridized carbons (Fsp3) is 0.350. The number of amides is 1. The van der Waals surface area contributed by atoms with Crippen LogP contribution in [0, 0.1) is 5.82 Å². The number of nitrogens with one attached hydrogen (secondary N) is 1. The maximum atomic E-state index is 14.4. The first kappa shape index (κ1) is 21.2. The van der Waals surface area contributed by atoms with Gasteiger partial charge in [-0.2, -0.15) is 0 Å². The minimum atomic E-state index is -0.929. The van der Waals surface area contributed by atoms with Gasteiger partial charge in [-0.15, -0.1) is 12.4 Å². The van der Waals surface area contributed by atoms with Crippen LogP contribution in [0.15, 0.2) is 48.5 Å². The van der Waals surface area contributed by atoms with E-state index in [1.54, 1.807) is 31.2 Å². The summed E-state index contributed by atoms with van der Waals surface area (Å²) < 4.78 is 25.2. The van der Waals surface area contributed by atoms with Gasteiger partial charge in [-0.25, -0.2) is 4.39 Å². The lowest BCUT2D eigenvalue weighted by molar-refractivity contribution is -0.130. The number of hydrogen-bond acceptors (Lipinski definition) is 4. The Labute approximate surface area is 164 Å². The second-order valence-corrected chi connectivity index (χ2v) is 6.57. The van der Waals surface area contributed by atoms with Gasteiger partial charge in [0.1, 0.15) is 5.75 Å². The second-order valence-electron chi connectivity index (χ2n) is 6.57. The fourth-order valence-corrected chi connectivity index (χ4v) is 2.87. The summed E-state index contributed by atoms with van der Waals surface area (Å²) >= 11 is 0. The van der Waals surface area contributed by atoms with Crippen molar-refractivity contribution in [3.63, 3.8) is 0 Å². The summed E-state index contributed by atoms with van der Waals surface area (Å²) in [5, 5.41) is 2.88. The van der Waals surface area contributed by atoms with Crippen LogP contribution in [0.1, 0.15) is 31.4 Å². The molecular formula is C20H24ClFN2O3. The number of carbonyl (C=O) groups excluding carboxylic acids is 1. The molecule has 1 aliphatic rings. The third kappa shape index (κ3) is 5.19. The number of benzene rings is 2. The van der Waals surface area contributed by atoms with Crippen LogP contribution >= 0.6 is 12.4 Å². The Morgan fingerprint density at radius 2 is 1.89 bits per heavy atom. The summed E-state index contributed by atoms with van der Waals surface area (Å²) in [5.74, 6) is -0.0254. The van der Waals surface area contributed by atoms with Gasteiger partial charge in [-0.05, 0) is 49.6 Å². The van der Waals surface area contributed by atoms with Crippen LogP contribution in [0.2, 0.25) is 0 Å². The molecular weight excluding hydrogens is 371 g/mol. The molecule has 3 N–H and O–H groups in total. The molecule has 7 heteroatoms. The number of halogens is 2. The Kier molecular flexibility index (Phi) is 7.18. The van der Waals surface area contributed by atoms with E-state index in [0.29, 0.717) is 37.4 Å². The Balaban J connectivity index is 0.00000261. The van der Waals surface area contributed by atoms with Crippen LogP contribution in [-0.2, 0) is 9.53 Å². The van der Waals surface area contributed by atoms with Gasteiger partial charge in [-0.1, -0.05) is 24.3 Å². The van der Waals surface area contributed by atoms with Gasteiger partial charge in [-0.3, -0.25) is 4.79 Å². The molecule has 0 aliphatic carbocycles. The molecule has 0 spiro atoms. The van der Waals surface area contributed by atoms with E-state index in [9.17, 15) is 9.18 Å². The summed E-state index contributed by atoms with van der Waals surface area (Å²) in [7, 11) is 0. The van der Waals surface area contributed by atoms with E-state index >= 15 is 0 Å². The molecule has 0 saturated carbocycles. The molecule has 1 saturated heterocycles. The third-order valence-electron chi connectivity index (χ3n) is 4.61. The van der Waals surface area contributed by atoms with Crippen LogP contribution in [-0.4, -0.2) is 24.7 Å². The molecule has 1 atom stereocenters. The zero-order valence-corrected chi connectivity index (χ0v) is 15.9. The monoisotopic (exact) mass is 394 g/mol. The lowest BCUT2D eigenvalue weighted by Crippen LogP contribution is -2.57. The van der Waals surface area contributed by atoms with Crippen molar-refractivity contribution >= 4 is 18.3 Å². The van der Waals surface area contributed by atoms with Crippen molar-refractivity contribution in [2.75, 3.05) is 13.2 Å². The van der Waals surface area contributed by atoms with E-state index in [0.717, 1.165) is 0 Å². The SMILES string of the molecule is CC(NC(=O)C1(N)CCOCC1)c1ccc(Oc2ccccc2)c(F)c1.Cl. The van der Waals surface area contributed by atoms with E-state index in [2.05, 4.69) is 5.32 Å². The van der Waals surface area contributed by atoms with Crippen LogP contribution < -0.4 is 15.8 Å². The van der Waals surface area contributed by atoms with Crippen molar-refractivity contribution < 1.29 is 18.7 Å². The number of para-hydroxylation sites is 1. The van der Waals surface area contributed by atoms with Crippen molar-refractivity contribution in [1.29, 1.82) is 0 Å². The molecule has 1 unspecified atom stereocenters. The molecule has 5 nitrogen and oxygen atoms in total. The Bertz CT molecular complexity index is 767. The topological polar surface area (TPSA) is 73.6 Å². The first-order chi connectivity index (χ1) is 12.5. The Hall–Kier alpha value is -2.15. The molecule has 146 valence electrons. The molecule has 0 radical (unpaired) electrons. The Morgan fingerprint density at radius 1 is 1.22 bits per heavy atom. The van der Waals surface area contributed by atoms with Gasteiger partial charge < -0.3 is 20.5 Å². The molecule has 0 aromatic heterocycles. The van der Waals surface area contributed by atoms with E-state index in [1.807, 2.05) is 18.2 Å². The van der Waals surface area contributed by atoms with Crippen LogP contribution in [0.4, 0.5) is 4.39 Å². The summed E-state index contributed by atoms with van der Waals surface area (Å²) in [6.07, 6.45) is 0.952. The highest BCUT2D eigenvalue weighted by Crippen LogP contribution is 2.27. The number of nitrogens with two attached hydrogens (primary N) is 1. The first-order valence-electron chi connectivity index (χ1n) is 8.68. The third-order valence-corrected chi connectivity index (χ3v) is 4.61. The standard InChI is InChI=1S/C20H23FN2O3.ClH/c1-14(23-19(24)20(22)9-11-25-12-10-20)15-7-8-18(17(21)13-15)26-16-5-3-2-4-6-16;/h2-8,13-14H,9-12,22H2,1H3,(H,23,24);1H. The predicted octanol–water partition coefficient (Wildman–Crippen LogP) is 3.72. The smallest absolute Gasteiger partial charge is 0.240 e. The van der Waals surface area contributed by atoms with Gasteiger partial charge in [0, 0.05) is 13.2 Å². The molecule has 1 aliphatic heterocycles. The molecule has 1 heterocycles. The number of rotatable bonds is 5. The van der Waals surface area contributed by atoms with Gasteiger partial charge in [0.15, 0.2) is 11.6 Å². The van der Waals surface area contributed by atoms with Crippen molar-refractivity contribution in [3.8, 4) is 11.5 Å². The zero-order chi connectivity index (χ0) is 18.6. The molecule has 0 bridgehead atoms. The largest absolute Gasteiger partial charge is 0.454 e. The molecule has 1 amide bonds. The lowest BCUT2D eigenvalue weighted by atomic mass is 9.90. The highest BCUT2D eigenvalue weighted by atomic mass is 35.5. The fourth-order valence-electron chi connectivity index (χ4n) is 2.87. The van der Waals surface area contributed by atoms with E-state index < -0.39 is 11.4 Å². The van der Waals surface area contributed by atoms with E-state index in [-0.39, 0.29) is 30.1 Å². The molecule has 1 fully saturated rings. The van der Waals surface area contributed by atoms with Crippen molar-refractivity contribution in [2.24, 2.45) is 5.73 Å². The number of ether oxygens (including phenoxy) is 2. The highest BCUT2D eigenvalue weighted by Gasteiger charge is 2.36. The zero-order valence-electron chi connectivity index (χ0n) is 15.1. The second kappa shape index (κ2) is 9.17. The van der Waals surface area contributed by atoms with Gasteiger partial charge in [0.05, 0.1) is 11.6 Å². The summed E-state index contributed by atoms with van der Waals surface area (Å²) in [4.78, 5) is 12.5. The summed E-state index contributed by atoms with van der Waals surface area (Å²) in [6, 6.07) is 13.3. The van der Waals surface area contributed by atoms with Crippen LogP contribution in [0.3, 0.4) is 0 Å².